The predicted octanol–water partition coefficient (Wildman–Crippen LogP) is 12.9. The van der Waals surface area contributed by atoms with Gasteiger partial charge in [-0.2, -0.15) is 0 Å². The molecule has 4 aromatic heterocycles. The van der Waals surface area contributed by atoms with E-state index in [0.717, 1.165) is 76.6 Å². The summed E-state index contributed by atoms with van der Waals surface area (Å²) < 4.78 is 8.84. The maximum absolute atomic E-state index is 6.59. The monoisotopic (exact) mass is 735 g/mol. The third-order valence-electron chi connectivity index (χ3n) is 10.2. The second kappa shape index (κ2) is 13.2. The van der Waals surface area contributed by atoms with E-state index in [-0.39, 0.29) is 0 Å². The first-order valence-electron chi connectivity index (χ1n) is 18.4. The number of thiophene rings is 1. The quantitative estimate of drug-likeness (QED) is 0.169. The number of aromatic nitrogens is 5. The van der Waals surface area contributed by atoms with E-state index in [4.69, 9.17) is 29.3 Å². The first kappa shape index (κ1) is 32.1. The highest BCUT2D eigenvalue weighted by Crippen LogP contribution is 2.42. The van der Waals surface area contributed by atoms with Crippen molar-refractivity contribution in [3.8, 4) is 67.9 Å². The number of hydrogen-bond acceptors (Lipinski definition) is 7. The molecule has 0 amide bonds. The summed E-state index contributed by atoms with van der Waals surface area (Å²) >= 11 is 1.73. The fraction of sp³-hybridized carbons (Fsp3) is 0. The summed E-state index contributed by atoms with van der Waals surface area (Å²) in [5.41, 5.74) is 10.3. The van der Waals surface area contributed by atoms with Crippen LogP contribution in [-0.4, -0.2) is 24.9 Å². The van der Waals surface area contributed by atoms with Gasteiger partial charge in [-0.15, -0.1) is 11.3 Å². The third kappa shape index (κ3) is 5.52. The highest BCUT2D eigenvalue weighted by molar-refractivity contribution is 7.26. The molecule has 0 fully saturated rings. The Hall–Kier alpha value is -7.35. The summed E-state index contributed by atoms with van der Waals surface area (Å²) in [5.74, 6) is 2.44. The molecule has 0 N–H and O–H groups in total. The average Bonchev–Trinajstić information content (AvgIpc) is 3.85. The molecule has 0 saturated carbocycles. The van der Waals surface area contributed by atoms with Crippen LogP contribution in [0.25, 0.3) is 110 Å². The SMILES string of the molecule is c1ccc(-c2ccc(-c3nc(-c4ccc5c(c4)oc4cccc(-c6nc(-c7ccccc7)nc(-c7ccccc7)n6)c45)nc4c3sc3ccccc34)cc2)cc1. The third-order valence-corrected chi connectivity index (χ3v) is 11.3. The molecule has 4 heterocycles. The molecule has 11 aromatic rings. The molecule has 7 aromatic carbocycles. The lowest BCUT2D eigenvalue weighted by Crippen LogP contribution is -2.00. The van der Waals surface area contributed by atoms with Gasteiger partial charge < -0.3 is 4.42 Å². The Balaban J connectivity index is 1.06. The molecule has 0 unspecified atom stereocenters. The van der Waals surface area contributed by atoms with E-state index in [1.54, 1.807) is 11.3 Å². The van der Waals surface area contributed by atoms with Crippen molar-refractivity contribution in [1.29, 1.82) is 0 Å². The van der Waals surface area contributed by atoms with E-state index in [1.807, 2.05) is 78.9 Å². The maximum Gasteiger partial charge on any atom is 0.164 e. The number of fused-ring (bicyclic) bond motifs is 6. The molecule has 56 heavy (non-hydrogen) atoms. The highest BCUT2D eigenvalue weighted by atomic mass is 32.1. The van der Waals surface area contributed by atoms with Crippen LogP contribution < -0.4 is 0 Å². The van der Waals surface area contributed by atoms with E-state index < -0.39 is 0 Å². The van der Waals surface area contributed by atoms with Crippen LogP contribution in [0.4, 0.5) is 0 Å². The first-order valence-corrected chi connectivity index (χ1v) is 19.2. The fourth-order valence-corrected chi connectivity index (χ4v) is 8.60. The highest BCUT2D eigenvalue weighted by Gasteiger charge is 2.20. The van der Waals surface area contributed by atoms with Crippen LogP contribution in [0.2, 0.25) is 0 Å². The Morgan fingerprint density at radius 1 is 0.375 bits per heavy atom. The van der Waals surface area contributed by atoms with Crippen LogP contribution in [0, 0.1) is 0 Å². The fourth-order valence-electron chi connectivity index (χ4n) is 7.45. The summed E-state index contributed by atoms with van der Waals surface area (Å²) in [6.07, 6.45) is 0. The molecule has 0 spiro atoms. The Morgan fingerprint density at radius 2 is 0.946 bits per heavy atom. The lowest BCUT2D eigenvalue weighted by molar-refractivity contribution is 0.669. The van der Waals surface area contributed by atoms with Crippen LogP contribution >= 0.6 is 11.3 Å². The normalized spacial score (nSPS) is 11.6. The minimum atomic E-state index is 0.580. The molecule has 7 heteroatoms. The van der Waals surface area contributed by atoms with Crippen molar-refractivity contribution >= 4 is 53.6 Å². The Bertz CT molecular complexity index is 3180. The molecule has 0 aliphatic heterocycles. The van der Waals surface area contributed by atoms with Crippen LogP contribution in [0.15, 0.2) is 180 Å². The van der Waals surface area contributed by atoms with Crippen molar-refractivity contribution < 1.29 is 4.42 Å². The zero-order valence-electron chi connectivity index (χ0n) is 29.8. The smallest absolute Gasteiger partial charge is 0.164 e. The molecule has 0 saturated heterocycles. The van der Waals surface area contributed by atoms with E-state index in [0.29, 0.717) is 23.3 Å². The van der Waals surface area contributed by atoms with Crippen molar-refractivity contribution in [1.82, 2.24) is 24.9 Å². The molecule has 0 atom stereocenters. The van der Waals surface area contributed by atoms with Gasteiger partial charge in [-0.25, -0.2) is 24.9 Å². The van der Waals surface area contributed by atoms with Gasteiger partial charge in [0.25, 0.3) is 0 Å². The van der Waals surface area contributed by atoms with Crippen molar-refractivity contribution in [2.75, 3.05) is 0 Å². The maximum atomic E-state index is 6.59. The standard InChI is InChI=1S/C49H29N5OS/c1-4-13-30(14-5-1)31-23-25-32(26-24-31)43-45-44(37-19-10-11-22-41(37)56-45)51-48(50-43)35-27-28-36-40(29-35)55-39-21-12-20-38(42(36)39)49-53-46(33-15-6-2-7-16-33)52-47(54-49)34-17-8-3-9-18-34/h1-29H. The summed E-state index contributed by atoms with van der Waals surface area (Å²) in [6, 6.07) is 59.9. The number of nitrogens with zero attached hydrogens (tertiary/aromatic N) is 5. The minimum Gasteiger partial charge on any atom is -0.456 e. The second-order valence-electron chi connectivity index (χ2n) is 13.6. The number of furan rings is 1. The van der Waals surface area contributed by atoms with Crippen LogP contribution in [0.3, 0.4) is 0 Å². The van der Waals surface area contributed by atoms with Gasteiger partial charge >= 0.3 is 0 Å². The summed E-state index contributed by atoms with van der Waals surface area (Å²) in [5, 5.41) is 3.02. The minimum absolute atomic E-state index is 0.580. The molecule has 262 valence electrons. The van der Waals surface area contributed by atoms with E-state index in [2.05, 4.69) is 97.1 Å². The van der Waals surface area contributed by atoms with Gasteiger partial charge in [0.1, 0.15) is 11.2 Å². The Labute approximate surface area is 325 Å². The first-order chi connectivity index (χ1) is 27.7. The Kier molecular flexibility index (Phi) is 7.57. The molecule has 6 nitrogen and oxygen atoms in total. The molecule has 0 bridgehead atoms. The molecular weight excluding hydrogens is 707 g/mol. The van der Waals surface area contributed by atoms with Crippen molar-refractivity contribution in [3.63, 3.8) is 0 Å². The summed E-state index contributed by atoms with van der Waals surface area (Å²) in [6.45, 7) is 0. The zero-order chi connectivity index (χ0) is 37.0. The van der Waals surface area contributed by atoms with Gasteiger partial charge in [0.2, 0.25) is 0 Å². The largest absolute Gasteiger partial charge is 0.456 e. The van der Waals surface area contributed by atoms with Gasteiger partial charge in [-0.05, 0) is 35.4 Å². The van der Waals surface area contributed by atoms with Gasteiger partial charge in [0.15, 0.2) is 23.3 Å². The van der Waals surface area contributed by atoms with Crippen molar-refractivity contribution in [2.45, 2.75) is 0 Å². The molecular formula is C49H29N5OS. The van der Waals surface area contributed by atoms with Gasteiger partial charge in [0, 0.05) is 48.7 Å². The lowest BCUT2D eigenvalue weighted by Gasteiger charge is -2.09. The molecule has 0 radical (unpaired) electrons. The van der Waals surface area contributed by atoms with E-state index in [9.17, 15) is 0 Å². The summed E-state index contributed by atoms with van der Waals surface area (Å²) in [4.78, 5) is 25.4. The molecule has 0 aliphatic carbocycles. The number of benzene rings is 7. The number of rotatable bonds is 6. The van der Waals surface area contributed by atoms with Crippen LogP contribution in [0.5, 0.6) is 0 Å². The zero-order valence-corrected chi connectivity index (χ0v) is 30.6. The number of hydrogen-bond donors (Lipinski definition) is 0. The van der Waals surface area contributed by atoms with Crippen LogP contribution in [-0.2, 0) is 0 Å². The molecule has 11 rings (SSSR count). The van der Waals surface area contributed by atoms with Gasteiger partial charge in [-0.1, -0.05) is 152 Å². The Morgan fingerprint density at radius 3 is 1.66 bits per heavy atom. The van der Waals surface area contributed by atoms with Gasteiger partial charge in [-0.3, -0.25) is 0 Å². The lowest BCUT2D eigenvalue weighted by atomic mass is 10.0. The second-order valence-corrected chi connectivity index (χ2v) is 14.7. The van der Waals surface area contributed by atoms with Crippen molar-refractivity contribution in [3.05, 3.63) is 176 Å². The van der Waals surface area contributed by atoms with Gasteiger partial charge in [0.05, 0.1) is 15.9 Å². The summed E-state index contributed by atoms with van der Waals surface area (Å²) in [7, 11) is 0. The topological polar surface area (TPSA) is 77.6 Å². The van der Waals surface area contributed by atoms with Crippen LogP contribution in [0.1, 0.15) is 0 Å². The van der Waals surface area contributed by atoms with E-state index in [1.165, 1.54) is 10.3 Å². The van der Waals surface area contributed by atoms with Crippen molar-refractivity contribution in [2.24, 2.45) is 0 Å². The molecule has 0 aliphatic rings. The predicted molar refractivity (Wildman–Crippen MR) is 228 cm³/mol. The van der Waals surface area contributed by atoms with E-state index >= 15 is 0 Å². The average molecular weight is 736 g/mol.